The van der Waals surface area contributed by atoms with E-state index < -0.39 is 10.0 Å². The van der Waals surface area contributed by atoms with Crippen molar-refractivity contribution in [2.45, 2.75) is 18.2 Å². The molecule has 1 amide bonds. The standard InChI is InChI=1S/C22H28N2O6S/c1-2-29-20-5-3-4-6-21(20)30-17-22(25)23-12-11-18-7-9-19(10-8-18)31(26,27)24-13-15-28-16-14-24/h3-10H,2,11-17H2,1H3,(H,23,25). The van der Waals surface area contributed by atoms with Crippen LogP contribution in [0.5, 0.6) is 11.5 Å². The number of hydrogen-bond donors (Lipinski definition) is 1. The number of ether oxygens (including phenoxy) is 3. The molecule has 0 radical (unpaired) electrons. The number of carbonyl (C=O) groups excluding carboxylic acids is 1. The van der Waals surface area contributed by atoms with E-state index in [-0.39, 0.29) is 17.4 Å². The molecule has 31 heavy (non-hydrogen) atoms. The summed E-state index contributed by atoms with van der Waals surface area (Å²) in [7, 11) is -3.50. The highest BCUT2D eigenvalue weighted by Crippen LogP contribution is 2.26. The molecule has 168 valence electrons. The van der Waals surface area contributed by atoms with Crippen LogP contribution in [0.15, 0.2) is 53.4 Å². The van der Waals surface area contributed by atoms with Gasteiger partial charge in [0.15, 0.2) is 18.1 Å². The topological polar surface area (TPSA) is 94.2 Å². The monoisotopic (exact) mass is 448 g/mol. The average molecular weight is 449 g/mol. The van der Waals surface area contributed by atoms with Crippen molar-refractivity contribution in [1.82, 2.24) is 9.62 Å². The molecule has 2 aromatic rings. The van der Waals surface area contributed by atoms with E-state index in [0.717, 1.165) is 5.56 Å². The van der Waals surface area contributed by atoms with Crippen molar-refractivity contribution in [3.63, 3.8) is 0 Å². The summed E-state index contributed by atoms with van der Waals surface area (Å²) in [6, 6.07) is 14.0. The first kappa shape index (κ1) is 23.1. The van der Waals surface area contributed by atoms with Crippen molar-refractivity contribution in [2.75, 3.05) is 46.1 Å². The summed E-state index contributed by atoms with van der Waals surface area (Å²) < 4.78 is 43.0. The largest absolute Gasteiger partial charge is 0.490 e. The van der Waals surface area contributed by atoms with E-state index in [9.17, 15) is 13.2 Å². The molecule has 0 aromatic heterocycles. The zero-order valence-electron chi connectivity index (χ0n) is 17.6. The Morgan fingerprint density at radius 1 is 1.03 bits per heavy atom. The number of benzene rings is 2. The van der Waals surface area contributed by atoms with Crippen LogP contribution in [0.4, 0.5) is 0 Å². The first-order valence-electron chi connectivity index (χ1n) is 10.3. The van der Waals surface area contributed by atoms with Crippen LogP contribution in [-0.2, 0) is 26.0 Å². The summed E-state index contributed by atoms with van der Waals surface area (Å²) in [5, 5.41) is 2.80. The third kappa shape index (κ3) is 6.43. The second-order valence-corrected chi connectivity index (χ2v) is 8.87. The van der Waals surface area contributed by atoms with Crippen LogP contribution in [0.2, 0.25) is 0 Å². The molecule has 1 saturated heterocycles. The zero-order valence-corrected chi connectivity index (χ0v) is 18.4. The van der Waals surface area contributed by atoms with Gasteiger partial charge in [-0.05, 0) is 43.2 Å². The predicted molar refractivity (Wildman–Crippen MR) is 116 cm³/mol. The minimum atomic E-state index is -3.50. The fourth-order valence-electron chi connectivity index (χ4n) is 3.15. The van der Waals surface area contributed by atoms with Crippen molar-refractivity contribution in [3.05, 3.63) is 54.1 Å². The lowest BCUT2D eigenvalue weighted by Gasteiger charge is -2.26. The molecule has 3 rings (SSSR count). The molecule has 0 aliphatic carbocycles. The average Bonchev–Trinajstić information content (AvgIpc) is 2.80. The van der Waals surface area contributed by atoms with E-state index in [0.29, 0.717) is 57.4 Å². The summed E-state index contributed by atoms with van der Waals surface area (Å²) in [5.74, 6) is 0.888. The van der Waals surface area contributed by atoms with Crippen molar-refractivity contribution in [1.29, 1.82) is 0 Å². The number of hydrogen-bond acceptors (Lipinski definition) is 6. The Hall–Kier alpha value is -2.62. The molecule has 8 nitrogen and oxygen atoms in total. The number of rotatable bonds is 10. The van der Waals surface area contributed by atoms with Gasteiger partial charge in [0, 0.05) is 19.6 Å². The fourth-order valence-corrected chi connectivity index (χ4v) is 4.56. The van der Waals surface area contributed by atoms with E-state index in [2.05, 4.69) is 5.32 Å². The van der Waals surface area contributed by atoms with E-state index in [1.807, 2.05) is 19.1 Å². The summed E-state index contributed by atoms with van der Waals surface area (Å²) in [4.78, 5) is 12.3. The number of carbonyl (C=O) groups is 1. The molecule has 0 unspecified atom stereocenters. The summed E-state index contributed by atoms with van der Waals surface area (Å²) >= 11 is 0. The van der Waals surface area contributed by atoms with E-state index in [1.54, 1.807) is 36.4 Å². The summed E-state index contributed by atoms with van der Waals surface area (Å²) in [6.07, 6.45) is 0.582. The highest BCUT2D eigenvalue weighted by Gasteiger charge is 2.26. The number of nitrogens with one attached hydrogen (secondary N) is 1. The number of amides is 1. The van der Waals surface area contributed by atoms with E-state index in [1.165, 1.54) is 4.31 Å². The first-order chi connectivity index (χ1) is 15.0. The Kier molecular flexibility index (Phi) is 8.27. The quantitative estimate of drug-likeness (QED) is 0.596. The number of sulfonamides is 1. The molecule has 2 aromatic carbocycles. The maximum absolute atomic E-state index is 12.6. The fraction of sp³-hybridized carbons (Fsp3) is 0.409. The molecule has 9 heteroatoms. The van der Waals surface area contributed by atoms with Crippen LogP contribution in [0.25, 0.3) is 0 Å². The van der Waals surface area contributed by atoms with Gasteiger partial charge in [-0.2, -0.15) is 4.31 Å². The highest BCUT2D eigenvalue weighted by molar-refractivity contribution is 7.89. The molecular weight excluding hydrogens is 420 g/mol. The molecule has 1 fully saturated rings. The summed E-state index contributed by atoms with van der Waals surface area (Å²) in [6.45, 7) is 4.27. The molecule has 1 heterocycles. The van der Waals surface area contributed by atoms with Crippen LogP contribution >= 0.6 is 0 Å². The van der Waals surface area contributed by atoms with Crippen molar-refractivity contribution < 1.29 is 27.4 Å². The SMILES string of the molecule is CCOc1ccccc1OCC(=O)NCCc1ccc(S(=O)(=O)N2CCOCC2)cc1. The summed E-state index contributed by atoms with van der Waals surface area (Å²) in [5.41, 5.74) is 0.934. The molecule has 1 aliphatic rings. The van der Waals surface area contributed by atoms with Crippen LogP contribution < -0.4 is 14.8 Å². The smallest absolute Gasteiger partial charge is 0.257 e. The predicted octanol–water partition coefficient (Wildman–Crippen LogP) is 1.84. The maximum Gasteiger partial charge on any atom is 0.257 e. The Morgan fingerprint density at radius 3 is 2.32 bits per heavy atom. The van der Waals surface area contributed by atoms with Crippen LogP contribution in [-0.4, -0.2) is 64.7 Å². The third-order valence-corrected chi connectivity index (χ3v) is 6.69. The van der Waals surface area contributed by atoms with Gasteiger partial charge in [0.1, 0.15) is 0 Å². The Balaban J connectivity index is 1.45. The zero-order chi connectivity index (χ0) is 22.1. The van der Waals surface area contributed by atoms with Crippen molar-refractivity contribution >= 4 is 15.9 Å². The molecule has 1 aliphatic heterocycles. The molecule has 0 spiro atoms. The van der Waals surface area contributed by atoms with Gasteiger partial charge in [0.25, 0.3) is 5.91 Å². The van der Waals surface area contributed by atoms with Crippen molar-refractivity contribution in [2.24, 2.45) is 0 Å². The minimum absolute atomic E-state index is 0.110. The Bertz CT molecular complexity index is 956. The normalized spacial score (nSPS) is 14.7. The molecule has 1 N–H and O–H groups in total. The third-order valence-electron chi connectivity index (χ3n) is 4.77. The number of morpholine rings is 1. The second-order valence-electron chi connectivity index (χ2n) is 6.93. The Labute approximate surface area is 183 Å². The van der Waals surface area contributed by atoms with Gasteiger partial charge in [-0.15, -0.1) is 0 Å². The lowest BCUT2D eigenvalue weighted by molar-refractivity contribution is -0.123. The van der Waals surface area contributed by atoms with Gasteiger partial charge < -0.3 is 19.5 Å². The Morgan fingerprint density at radius 2 is 1.68 bits per heavy atom. The van der Waals surface area contributed by atoms with Crippen LogP contribution in [0, 0.1) is 0 Å². The van der Waals surface area contributed by atoms with E-state index in [4.69, 9.17) is 14.2 Å². The van der Waals surface area contributed by atoms with Gasteiger partial charge >= 0.3 is 0 Å². The van der Waals surface area contributed by atoms with Gasteiger partial charge in [-0.3, -0.25) is 4.79 Å². The van der Waals surface area contributed by atoms with Crippen LogP contribution in [0.3, 0.4) is 0 Å². The lowest BCUT2D eigenvalue weighted by atomic mass is 10.1. The van der Waals surface area contributed by atoms with Crippen molar-refractivity contribution in [3.8, 4) is 11.5 Å². The van der Waals surface area contributed by atoms with Crippen LogP contribution in [0.1, 0.15) is 12.5 Å². The van der Waals surface area contributed by atoms with Gasteiger partial charge in [0.2, 0.25) is 10.0 Å². The maximum atomic E-state index is 12.6. The molecular formula is C22H28N2O6S. The van der Waals surface area contributed by atoms with Gasteiger partial charge in [-0.1, -0.05) is 24.3 Å². The second kappa shape index (κ2) is 11.1. The number of nitrogens with zero attached hydrogens (tertiary/aromatic N) is 1. The number of para-hydroxylation sites is 2. The molecule has 0 bridgehead atoms. The molecule has 0 saturated carbocycles. The molecule has 0 atom stereocenters. The minimum Gasteiger partial charge on any atom is -0.490 e. The van der Waals surface area contributed by atoms with Gasteiger partial charge in [-0.25, -0.2) is 8.42 Å². The first-order valence-corrected chi connectivity index (χ1v) is 11.7. The van der Waals surface area contributed by atoms with E-state index >= 15 is 0 Å². The highest BCUT2D eigenvalue weighted by atomic mass is 32.2. The van der Waals surface area contributed by atoms with Gasteiger partial charge in [0.05, 0.1) is 24.7 Å². The lowest BCUT2D eigenvalue weighted by Crippen LogP contribution is -2.40.